The van der Waals surface area contributed by atoms with Gasteiger partial charge in [-0.25, -0.2) is 8.42 Å². The van der Waals surface area contributed by atoms with Gasteiger partial charge < -0.3 is 0 Å². The number of alkyl halides is 3. The molecule has 1 fully saturated rings. The number of hydrogen-bond acceptors (Lipinski definition) is 3. The maximum Gasteiger partial charge on any atom is 0.416 e. The van der Waals surface area contributed by atoms with E-state index in [1.807, 2.05) is 0 Å². The molecule has 0 aromatic heterocycles. The summed E-state index contributed by atoms with van der Waals surface area (Å²) in [5, 5.41) is 0. The number of rotatable bonds is 2. The molecule has 1 saturated heterocycles. The second kappa shape index (κ2) is 5.10. The molecule has 0 radical (unpaired) electrons. The van der Waals surface area contributed by atoms with Crippen LogP contribution in [-0.2, 0) is 21.0 Å². The zero-order valence-electron chi connectivity index (χ0n) is 9.85. The van der Waals surface area contributed by atoms with E-state index in [1.54, 1.807) is 0 Å². The second-order valence-corrected chi connectivity index (χ2v) is 5.92. The molecule has 0 atom stereocenters. The highest BCUT2D eigenvalue weighted by molar-refractivity contribution is 7.89. The van der Waals surface area contributed by atoms with Crippen molar-refractivity contribution < 1.29 is 26.4 Å². The standard InChI is InChI=1S/C11H12F3NO3S/c12-11(13,14)9-3-5-10(6-4-9)19(16,17)15-7-1-2-8-18-15/h3-6H,1-2,7-8H2. The lowest BCUT2D eigenvalue weighted by atomic mass is 10.2. The van der Waals surface area contributed by atoms with Crippen molar-refractivity contribution in [1.29, 1.82) is 0 Å². The van der Waals surface area contributed by atoms with Gasteiger partial charge in [-0.15, -0.1) is 0 Å². The normalized spacial score (nSPS) is 18.5. The van der Waals surface area contributed by atoms with Crippen LogP contribution in [0.25, 0.3) is 0 Å². The number of nitrogens with zero attached hydrogens (tertiary/aromatic N) is 1. The smallest absolute Gasteiger partial charge is 0.284 e. The third-order valence-corrected chi connectivity index (χ3v) is 4.41. The molecule has 8 heteroatoms. The summed E-state index contributed by atoms with van der Waals surface area (Å²) in [7, 11) is -3.88. The Morgan fingerprint density at radius 1 is 1.11 bits per heavy atom. The molecule has 2 rings (SSSR count). The summed E-state index contributed by atoms with van der Waals surface area (Å²) in [5.74, 6) is 0. The average molecular weight is 295 g/mol. The summed E-state index contributed by atoms with van der Waals surface area (Å²) in [6.45, 7) is 0.503. The molecule has 0 amide bonds. The van der Waals surface area contributed by atoms with Crippen molar-refractivity contribution in [3.05, 3.63) is 29.8 Å². The van der Waals surface area contributed by atoms with Crippen LogP contribution in [0.5, 0.6) is 0 Å². The molecule has 19 heavy (non-hydrogen) atoms. The molecule has 0 bridgehead atoms. The van der Waals surface area contributed by atoms with Crippen LogP contribution in [0.1, 0.15) is 18.4 Å². The highest BCUT2D eigenvalue weighted by Gasteiger charge is 2.32. The van der Waals surface area contributed by atoms with E-state index in [2.05, 4.69) is 0 Å². The van der Waals surface area contributed by atoms with Crippen molar-refractivity contribution in [2.45, 2.75) is 23.9 Å². The van der Waals surface area contributed by atoms with Gasteiger partial charge in [-0.3, -0.25) is 4.84 Å². The molecule has 1 aliphatic heterocycles. The van der Waals surface area contributed by atoms with Crippen LogP contribution in [-0.4, -0.2) is 26.0 Å². The predicted octanol–water partition coefficient (Wildman–Crippen LogP) is 2.42. The molecule has 0 unspecified atom stereocenters. The predicted molar refractivity (Wildman–Crippen MR) is 60.5 cm³/mol. The molecule has 0 spiro atoms. The Hall–Kier alpha value is -1.12. The van der Waals surface area contributed by atoms with Crippen LogP contribution in [0.3, 0.4) is 0 Å². The van der Waals surface area contributed by atoms with Gasteiger partial charge in [0.2, 0.25) is 0 Å². The number of halogens is 3. The van der Waals surface area contributed by atoms with Gasteiger partial charge in [-0.05, 0) is 37.1 Å². The van der Waals surface area contributed by atoms with E-state index >= 15 is 0 Å². The van der Waals surface area contributed by atoms with Crippen molar-refractivity contribution in [2.24, 2.45) is 0 Å². The molecule has 106 valence electrons. The highest BCUT2D eigenvalue weighted by atomic mass is 32.2. The lowest BCUT2D eigenvalue weighted by molar-refractivity contribution is -0.137. The first-order valence-corrected chi connectivity index (χ1v) is 7.09. The van der Waals surface area contributed by atoms with Crippen molar-refractivity contribution in [1.82, 2.24) is 4.47 Å². The van der Waals surface area contributed by atoms with Crippen LogP contribution >= 0.6 is 0 Å². The van der Waals surface area contributed by atoms with Gasteiger partial charge >= 0.3 is 6.18 Å². The lowest BCUT2D eigenvalue weighted by Gasteiger charge is -2.25. The van der Waals surface area contributed by atoms with E-state index in [9.17, 15) is 21.6 Å². The van der Waals surface area contributed by atoms with Crippen molar-refractivity contribution in [2.75, 3.05) is 13.2 Å². The quantitative estimate of drug-likeness (QED) is 0.842. The highest BCUT2D eigenvalue weighted by Crippen LogP contribution is 2.30. The number of hydroxylamine groups is 1. The van der Waals surface area contributed by atoms with Crippen LogP contribution in [0.2, 0.25) is 0 Å². The second-order valence-electron chi connectivity index (χ2n) is 4.09. The largest absolute Gasteiger partial charge is 0.416 e. The summed E-state index contributed by atoms with van der Waals surface area (Å²) < 4.78 is 62.1. The zero-order valence-corrected chi connectivity index (χ0v) is 10.7. The van der Waals surface area contributed by atoms with Gasteiger partial charge in [-0.2, -0.15) is 13.2 Å². The fourth-order valence-corrected chi connectivity index (χ4v) is 2.99. The van der Waals surface area contributed by atoms with Gasteiger partial charge in [-0.1, -0.05) is 4.47 Å². The Balaban J connectivity index is 2.26. The van der Waals surface area contributed by atoms with E-state index in [1.165, 1.54) is 0 Å². The molecule has 4 nitrogen and oxygen atoms in total. The van der Waals surface area contributed by atoms with E-state index in [0.717, 1.165) is 35.2 Å². The van der Waals surface area contributed by atoms with Gasteiger partial charge in [0.1, 0.15) is 0 Å². The third kappa shape index (κ3) is 3.07. The maximum atomic E-state index is 12.4. The van der Waals surface area contributed by atoms with E-state index in [0.29, 0.717) is 13.0 Å². The van der Waals surface area contributed by atoms with E-state index in [-0.39, 0.29) is 11.4 Å². The molecular formula is C11H12F3NO3S. The summed E-state index contributed by atoms with van der Waals surface area (Å²) in [5.41, 5.74) is -0.883. The fourth-order valence-electron chi connectivity index (χ4n) is 1.70. The van der Waals surface area contributed by atoms with E-state index in [4.69, 9.17) is 4.84 Å². The Morgan fingerprint density at radius 3 is 2.21 bits per heavy atom. The molecule has 1 aromatic rings. The van der Waals surface area contributed by atoms with Crippen LogP contribution < -0.4 is 0 Å². The number of hydrogen-bond donors (Lipinski definition) is 0. The van der Waals surface area contributed by atoms with Crippen molar-refractivity contribution in [3.8, 4) is 0 Å². The summed E-state index contributed by atoms with van der Waals surface area (Å²) in [6.07, 6.45) is -3.05. The van der Waals surface area contributed by atoms with E-state index < -0.39 is 21.8 Å². The summed E-state index contributed by atoms with van der Waals surface area (Å²) >= 11 is 0. The molecule has 0 aliphatic carbocycles. The monoisotopic (exact) mass is 295 g/mol. The minimum absolute atomic E-state index is 0.206. The minimum Gasteiger partial charge on any atom is -0.284 e. The van der Waals surface area contributed by atoms with Gasteiger partial charge in [0.25, 0.3) is 10.0 Å². The SMILES string of the molecule is O=S(=O)(c1ccc(C(F)(F)F)cc1)N1CCCCO1. The molecule has 1 heterocycles. The van der Waals surface area contributed by atoms with Gasteiger partial charge in [0.05, 0.1) is 17.1 Å². The van der Waals surface area contributed by atoms with Crippen molar-refractivity contribution >= 4 is 10.0 Å². The first-order chi connectivity index (χ1) is 8.82. The summed E-state index contributed by atoms with van der Waals surface area (Å²) in [4.78, 5) is 4.81. The first kappa shape index (κ1) is 14.3. The molecule has 0 saturated carbocycles. The molecule has 0 N–H and O–H groups in total. The number of sulfonamides is 1. The van der Waals surface area contributed by atoms with Crippen LogP contribution in [0, 0.1) is 0 Å². The Kier molecular flexibility index (Phi) is 3.84. The fraction of sp³-hybridized carbons (Fsp3) is 0.455. The number of benzene rings is 1. The average Bonchev–Trinajstić information content (AvgIpc) is 2.39. The Morgan fingerprint density at radius 2 is 1.74 bits per heavy atom. The molecule has 1 aliphatic rings. The zero-order chi connectivity index (χ0) is 14.1. The van der Waals surface area contributed by atoms with Crippen LogP contribution in [0.15, 0.2) is 29.2 Å². The minimum atomic E-state index is -4.48. The molecule has 1 aromatic carbocycles. The topological polar surface area (TPSA) is 46.6 Å². The lowest BCUT2D eigenvalue weighted by Crippen LogP contribution is -2.35. The van der Waals surface area contributed by atoms with Gasteiger partial charge in [0.15, 0.2) is 0 Å². The Labute approximate surface area is 108 Å². The third-order valence-electron chi connectivity index (χ3n) is 2.72. The van der Waals surface area contributed by atoms with Crippen molar-refractivity contribution in [3.63, 3.8) is 0 Å². The maximum absolute atomic E-state index is 12.4. The first-order valence-electron chi connectivity index (χ1n) is 5.65. The summed E-state index contributed by atoms with van der Waals surface area (Å²) in [6, 6.07) is 3.37. The molecular weight excluding hydrogens is 283 g/mol. The van der Waals surface area contributed by atoms with Gasteiger partial charge in [0, 0.05) is 6.54 Å². The van der Waals surface area contributed by atoms with Crippen LogP contribution in [0.4, 0.5) is 13.2 Å². The Bertz CT molecular complexity index is 533.